The highest BCUT2D eigenvalue weighted by molar-refractivity contribution is 9.07. The molecule has 0 spiro atoms. The summed E-state index contributed by atoms with van der Waals surface area (Å²) in [7, 11) is 0. The highest BCUT2D eigenvalue weighted by atomic mass is 79.9. The van der Waals surface area contributed by atoms with Gasteiger partial charge in [-0.25, -0.2) is 0 Å². The molecule has 0 fully saturated rings. The van der Waals surface area contributed by atoms with Crippen molar-refractivity contribution >= 4 is 22.0 Å². The van der Waals surface area contributed by atoms with Gasteiger partial charge in [-0.2, -0.15) is 5.10 Å². The zero-order valence-electron chi connectivity index (χ0n) is 6.10. The van der Waals surface area contributed by atoms with Crippen molar-refractivity contribution in [2.45, 2.75) is 26.2 Å². The summed E-state index contributed by atoms with van der Waals surface area (Å²) in [5.74, 6) is 1.11. The standard InChI is InChI=1S/C6H12BrN3/c1-2-3-4-6-9-8-5-10(6)7/h8H,2-5H2,1H3. The highest BCUT2D eigenvalue weighted by Gasteiger charge is 2.11. The number of halogens is 1. The molecule has 0 bridgehead atoms. The summed E-state index contributed by atoms with van der Waals surface area (Å²) in [6.07, 6.45) is 3.50. The molecule has 10 heavy (non-hydrogen) atoms. The molecule has 1 rings (SSSR count). The van der Waals surface area contributed by atoms with Crippen molar-refractivity contribution in [3.05, 3.63) is 0 Å². The van der Waals surface area contributed by atoms with Crippen molar-refractivity contribution < 1.29 is 0 Å². The molecule has 0 aliphatic carbocycles. The van der Waals surface area contributed by atoms with Crippen molar-refractivity contribution in [1.82, 2.24) is 9.35 Å². The summed E-state index contributed by atoms with van der Waals surface area (Å²) in [6.45, 7) is 2.97. The molecular weight excluding hydrogens is 194 g/mol. The Hall–Kier alpha value is -0.250. The van der Waals surface area contributed by atoms with E-state index in [4.69, 9.17) is 0 Å². The number of hydrogen-bond acceptors (Lipinski definition) is 3. The van der Waals surface area contributed by atoms with Crippen molar-refractivity contribution in [3.8, 4) is 0 Å². The fraction of sp³-hybridized carbons (Fsp3) is 0.833. The number of rotatable bonds is 3. The molecule has 0 aromatic heterocycles. The molecule has 0 radical (unpaired) electrons. The average Bonchev–Trinajstić information content (AvgIpc) is 2.31. The zero-order chi connectivity index (χ0) is 7.40. The number of unbranched alkanes of at least 4 members (excludes halogenated alkanes) is 1. The van der Waals surface area contributed by atoms with E-state index in [0.717, 1.165) is 18.9 Å². The van der Waals surface area contributed by atoms with E-state index in [-0.39, 0.29) is 0 Å². The highest BCUT2D eigenvalue weighted by Crippen LogP contribution is 2.09. The second-order valence-corrected chi connectivity index (χ2v) is 3.17. The molecule has 0 aromatic rings. The molecule has 1 aliphatic heterocycles. The lowest BCUT2D eigenvalue weighted by Gasteiger charge is -2.07. The van der Waals surface area contributed by atoms with Gasteiger partial charge in [0.2, 0.25) is 0 Å². The molecule has 1 N–H and O–H groups in total. The molecule has 0 aromatic carbocycles. The smallest absolute Gasteiger partial charge is 0.136 e. The molecule has 0 saturated carbocycles. The van der Waals surface area contributed by atoms with Crippen LogP contribution in [0.2, 0.25) is 0 Å². The summed E-state index contributed by atoms with van der Waals surface area (Å²) in [4.78, 5) is 0. The topological polar surface area (TPSA) is 27.6 Å². The number of hydrogen-bond donors (Lipinski definition) is 1. The molecule has 0 atom stereocenters. The van der Waals surface area contributed by atoms with Crippen LogP contribution in [0.15, 0.2) is 5.10 Å². The molecule has 0 unspecified atom stereocenters. The first-order chi connectivity index (χ1) is 4.84. The second-order valence-electron chi connectivity index (χ2n) is 2.31. The van der Waals surface area contributed by atoms with Gasteiger partial charge in [-0.15, -0.1) is 0 Å². The minimum Gasteiger partial charge on any atom is -0.288 e. The van der Waals surface area contributed by atoms with Crippen LogP contribution in [-0.4, -0.2) is 16.4 Å². The van der Waals surface area contributed by atoms with Gasteiger partial charge in [0.25, 0.3) is 0 Å². The molecule has 1 heterocycles. The van der Waals surface area contributed by atoms with Crippen LogP contribution in [0.4, 0.5) is 0 Å². The third-order valence-electron chi connectivity index (χ3n) is 1.45. The summed E-state index contributed by atoms with van der Waals surface area (Å²) >= 11 is 3.37. The van der Waals surface area contributed by atoms with E-state index < -0.39 is 0 Å². The Balaban J connectivity index is 2.26. The van der Waals surface area contributed by atoms with Crippen LogP contribution in [0.3, 0.4) is 0 Å². The van der Waals surface area contributed by atoms with E-state index in [9.17, 15) is 0 Å². The minimum absolute atomic E-state index is 0.791. The van der Waals surface area contributed by atoms with Gasteiger partial charge in [-0.1, -0.05) is 13.3 Å². The summed E-state index contributed by atoms with van der Waals surface area (Å²) in [5, 5.41) is 4.10. The molecule has 0 amide bonds. The number of nitrogens with one attached hydrogen (secondary N) is 1. The molecule has 4 heteroatoms. The van der Waals surface area contributed by atoms with Crippen molar-refractivity contribution in [1.29, 1.82) is 0 Å². The Bertz CT molecular complexity index is 135. The monoisotopic (exact) mass is 205 g/mol. The Morgan fingerprint density at radius 1 is 1.80 bits per heavy atom. The van der Waals surface area contributed by atoms with Gasteiger partial charge in [0.1, 0.15) is 12.5 Å². The van der Waals surface area contributed by atoms with Gasteiger partial charge in [0.05, 0.1) is 16.1 Å². The van der Waals surface area contributed by atoms with Crippen molar-refractivity contribution in [2.24, 2.45) is 5.10 Å². The lowest BCUT2D eigenvalue weighted by molar-refractivity contribution is 0.646. The molecule has 58 valence electrons. The zero-order valence-corrected chi connectivity index (χ0v) is 7.69. The van der Waals surface area contributed by atoms with Crippen LogP contribution in [0.1, 0.15) is 26.2 Å². The van der Waals surface area contributed by atoms with Gasteiger partial charge in [-0.3, -0.25) is 9.35 Å². The maximum Gasteiger partial charge on any atom is 0.136 e. The minimum atomic E-state index is 0.791. The first kappa shape index (κ1) is 7.85. The Labute approximate surface area is 69.8 Å². The van der Waals surface area contributed by atoms with E-state index in [1.807, 2.05) is 3.93 Å². The summed E-state index contributed by atoms with van der Waals surface area (Å²) in [6, 6.07) is 0. The first-order valence-corrected chi connectivity index (χ1v) is 4.28. The maximum absolute atomic E-state index is 4.10. The second kappa shape index (κ2) is 3.81. The molecule has 1 aliphatic rings. The van der Waals surface area contributed by atoms with Gasteiger partial charge in [-0.05, 0) is 6.42 Å². The normalized spacial score (nSPS) is 17.0. The lowest BCUT2D eigenvalue weighted by Crippen LogP contribution is -2.18. The summed E-state index contributed by atoms with van der Waals surface area (Å²) in [5.41, 5.74) is 2.90. The number of hydrazone groups is 1. The van der Waals surface area contributed by atoms with Crippen LogP contribution in [0.25, 0.3) is 0 Å². The first-order valence-electron chi connectivity index (χ1n) is 3.57. The Morgan fingerprint density at radius 3 is 3.10 bits per heavy atom. The maximum atomic E-state index is 4.10. The van der Waals surface area contributed by atoms with Crippen molar-refractivity contribution in [3.63, 3.8) is 0 Å². The quantitative estimate of drug-likeness (QED) is 0.711. The van der Waals surface area contributed by atoms with Crippen molar-refractivity contribution in [2.75, 3.05) is 6.67 Å². The SMILES string of the molecule is CCCCC1=NNCN1Br. The number of amidine groups is 1. The molecule has 0 saturated heterocycles. The van der Waals surface area contributed by atoms with E-state index in [0.29, 0.717) is 0 Å². The predicted octanol–water partition coefficient (Wildman–Crippen LogP) is 1.66. The van der Waals surface area contributed by atoms with Crippen LogP contribution in [0.5, 0.6) is 0 Å². The van der Waals surface area contributed by atoms with E-state index in [2.05, 4.69) is 33.6 Å². The predicted molar refractivity (Wildman–Crippen MR) is 45.7 cm³/mol. The van der Waals surface area contributed by atoms with E-state index in [1.165, 1.54) is 12.8 Å². The molecule has 3 nitrogen and oxygen atoms in total. The number of nitrogens with zero attached hydrogens (tertiary/aromatic N) is 2. The Morgan fingerprint density at radius 2 is 2.60 bits per heavy atom. The van der Waals surface area contributed by atoms with Crippen LogP contribution in [-0.2, 0) is 0 Å². The van der Waals surface area contributed by atoms with Crippen LogP contribution >= 0.6 is 16.1 Å². The summed E-state index contributed by atoms with van der Waals surface area (Å²) < 4.78 is 1.96. The largest absolute Gasteiger partial charge is 0.288 e. The van der Waals surface area contributed by atoms with Gasteiger partial charge >= 0.3 is 0 Å². The third kappa shape index (κ3) is 1.87. The van der Waals surface area contributed by atoms with E-state index in [1.54, 1.807) is 0 Å². The third-order valence-corrected chi connectivity index (χ3v) is 2.11. The fourth-order valence-corrected chi connectivity index (χ4v) is 1.22. The van der Waals surface area contributed by atoms with Crippen LogP contribution in [0, 0.1) is 0 Å². The Kier molecular flexibility index (Phi) is 2.99. The lowest BCUT2D eigenvalue weighted by atomic mass is 10.2. The van der Waals surface area contributed by atoms with Gasteiger partial charge in [0.15, 0.2) is 0 Å². The molecular formula is C6H12BrN3. The van der Waals surface area contributed by atoms with E-state index >= 15 is 0 Å². The fourth-order valence-electron chi connectivity index (χ4n) is 0.846. The van der Waals surface area contributed by atoms with Gasteiger partial charge < -0.3 is 0 Å². The van der Waals surface area contributed by atoms with Crippen LogP contribution < -0.4 is 5.43 Å². The average molecular weight is 206 g/mol. The van der Waals surface area contributed by atoms with Gasteiger partial charge in [0, 0.05) is 6.42 Å².